The third kappa shape index (κ3) is 3.60. The molecule has 2 bridgehead atoms. The van der Waals surface area contributed by atoms with Crippen molar-refractivity contribution < 1.29 is 14.7 Å². The van der Waals surface area contributed by atoms with Crippen molar-refractivity contribution in [3.8, 4) is 0 Å². The van der Waals surface area contributed by atoms with E-state index in [0.29, 0.717) is 16.7 Å². The number of aliphatic carboxylic acids is 1. The minimum Gasteiger partial charge on any atom is -0.481 e. The lowest BCUT2D eigenvalue weighted by molar-refractivity contribution is -0.139. The zero-order chi connectivity index (χ0) is 17.4. The molecule has 2 rings (SSSR count). The van der Waals surface area contributed by atoms with E-state index in [4.69, 9.17) is 10.8 Å². The first kappa shape index (κ1) is 18.0. The van der Waals surface area contributed by atoms with Gasteiger partial charge in [-0.3, -0.25) is 9.59 Å². The predicted molar refractivity (Wildman–Crippen MR) is 89.7 cm³/mol. The third-order valence-corrected chi connectivity index (χ3v) is 6.07. The van der Waals surface area contributed by atoms with Gasteiger partial charge in [0.15, 0.2) is 0 Å². The average molecular weight is 322 g/mol. The van der Waals surface area contributed by atoms with Gasteiger partial charge in [-0.1, -0.05) is 32.9 Å². The molecule has 2 saturated carbocycles. The van der Waals surface area contributed by atoms with Crippen molar-refractivity contribution in [3.05, 3.63) is 12.2 Å². The Morgan fingerprint density at radius 2 is 2.04 bits per heavy atom. The monoisotopic (exact) mass is 322 g/mol. The number of hydrogen-bond donors (Lipinski definition) is 3. The quantitative estimate of drug-likeness (QED) is 0.654. The number of allylic oxidation sites excluding steroid dienone is 1. The zero-order valence-corrected chi connectivity index (χ0v) is 14.6. The molecule has 0 saturated heterocycles. The molecule has 23 heavy (non-hydrogen) atoms. The molecule has 2 fully saturated rings. The molecule has 0 aromatic heterocycles. The lowest BCUT2D eigenvalue weighted by Crippen LogP contribution is -2.45. The lowest BCUT2D eigenvalue weighted by Gasteiger charge is -2.41. The Kier molecular flexibility index (Phi) is 4.90. The van der Waals surface area contributed by atoms with Gasteiger partial charge in [-0.05, 0) is 48.9 Å². The van der Waals surface area contributed by atoms with E-state index in [1.807, 2.05) is 13.0 Å². The molecule has 2 aliphatic rings. The van der Waals surface area contributed by atoms with Crippen LogP contribution in [0.15, 0.2) is 12.2 Å². The summed E-state index contributed by atoms with van der Waals surface area (Å²) in [6.45, 7) is 8.97. The minimum absolute atomic E-state index is 0.152. The maximum absolute atomic E-state index is 11.9. The summed E-state index contributed by atoms with van der Waals surface area (Å²) in [6, 6.07) is -1.15. The molecular weight excluding hydrogens is 292 g/mol. The predicted octanol–water partition coefficient (Wildman–Crippen LogP) is 2.31. The zero-order valence-electron chi connectivity index (χ0n) is 14.6. The van der Waals surface area contributed by atoms with E-state index in [2.05, 4.69) is 32.2 Å². The normalized spacial score (nSPS) is 34.5. The molecule has 4 N–H and O–H groups in total. The summed E-state index contributed by atoms with van der Waals surface area (Å²) in [7, 11) is 0. The van der Waals surface area contributed by atoms with Gasteiger partial charge in [-0.2, -0.15) is 0 Å². The molecule has 1 amide bonds. The van der Waals surface area contributed by atoms with Crippen LogP contribution < -0.4 is 11.1 Å². The van der Waals surface area contributed by atoms with Gasteiger partial charge in [0.05, 0.1) is 12.5 Å². The molecular formula is C18H30N2O3. The second kappa shape index (κ2) is 6.27. The second-order valence-electron chi connectivity index (χ2n) is 8.28. The molecule has 0 radical (unpaired) electrons. The van der Waals surface area contributed by atoms with Gasteiger partial charge in [0.1, 0.15) is 0 Å². The molecule has 130 valence electrons. The largest absolute Gasteiger partial charge is 0.481 e. The van der Waals surface area contributed by atoms with Gasteiger partial charge in [0, 0.05) is 6.04 Å². The van der Waals surface area contributed by atoms with Crippen LogP contribution in [0, 0.1) is 22.7 Å². The smallest absolute Gasteiger partial charge is 0.305 e. The molecule has 4 unspecified atom stereocenters. The van der Waals surface area contributed by atoms with Crippen molar-refractivity contribution in [1.29, 1.82) is 0 Å². The van der Waals surface area contributed by atoms with Crippen LogP contribution in [0.4, 0.5) is 0 Å². The van der Waals surface area contributed by atoms with Gasteiger partial charge < -0.3 is 16.2 Å². The van der Waals surface area contributed by atoms with Crippen molar-refractivity contribution in [2.45, 2.75) is 65.5 Å². The van der Waals surface area contributed by atoms with Crippen LogP contribution in [-0.4, -0.2) is 29.1 Å². The highest BCUT2D eigenvalue weighted by atomic mass is 16.4. The van der Waals surface area contributed by atoms with Gasteiger partial charge in [-0.25, -0.2) is 0 Å². The van der Waals surface area contributed by atoms with Crippen molar-refractivity contribution in [2.24, 2.45) is 28.4 Å². The number of carbonyl (C=O) groups excluding carboxylic acids is 1. The maximum atomic E-state index is 11.9. The fourth-order valence-corrected chi connectivity index (χ4v) is 4.76. The number of nitrogens with two attached hydrogens (primary N) is 1. The van der Waals surface area contributed by atoms with Crippen LogP contribution >= 0.6 is 0 Å². The summed E-state index contributed by atoms with van der Waals surface area (Å²) in [5, 5.41) is 11.5. The molecule has 0 aliphatic heterocycles. The van der Waals surface area contributed by atoms with E-state index >= 15 is 0 Å². The first-order valence-corrected chi connectivity index (χ1v) is 8.52. The first-order valence-electron chi connectivity index (χ1n) is 8.52. The number of amides is 1. The minimum atomic E-state index is -1.06. The Labute approximate surface area is 138 Å². The summed E-state index contributed by atoms with van der Waals surface area (Å²) in [4.78, 5) is 22.5. The Morgan fingerprint density at radius 3 is 2.57 bits per heavy atom. The molecule has 0 aromatic rings. The van der Waals surface area contributed by atoms with Crippen LogP contribution in [-0.2, 0) is 9.59 Å². The van der Waals surface area contributed by atoms with Crippen LogP contribution in [0.2, 0.25) is 0 Å². The molecule has 0 heterocycles. The fraction of sp³-hybridized carbons (Fsp3) is 0.778. The van der Waals surface area contributed by atoms with Crippen molar-refractivity contribution >= 4 is 11.9 Å². The van der Waals surface area contributed by atoms with Crippen LogP contribution in [0.5, 0.6) is 0 Å². The number of nitrogens with one attached hydrogen (secondary N) is 1. The topological polar surface area (TPSA) is 92.4 Å². The third-order valence-electron chi connectivity index (χ3n) is 6.07. The Balaban J connectivity index is 1.95. The number of carbonyl (C=O) groups is 2. The molecule has 5 heteroatoms. The van der Waals surface area contributed by atoms with E-state index in [-0.39, 0.29) is 12.5 Å². The van der Waals surface area contributed by atoms with Crippen LogP contribution in [0.25, 0.3) is 0 Å². The molecule has 5 atom stereocenters. The number of fused-ring (bicyclic) bond motifs is 2. The number of rotatable bonds is 6. The Bertz CT molecular complexity index is 510. The first-order chi connectivity index (χ1) is 10.6. The summed E-state index contributed by atoms with van der Waals surface area (Å²) < 4.78 is 0. The van der Waals surface area contributed by atoms with Crippen molar-refractivity contribution in [2.75, 3.05) is 0 Å². The summed E-state index contributed by atoms with van der Waals surface area (Å²) in [6.07, 6.45) is 7.83. The summed E-state index contributed by atoms with van der Waals surface area (Å²) >= 11 is 0. The molecule has 0 spiro atoms. The van der Waals surface area contributed by atoms with Gasteiger partial charge in [-0.15, -0.1) is 0 Å². The standard InChI is InChI=1S/C18H30N2O3/c1-11(20-16(23)13(19)9-15(21)22)5-6-14-17(2,3)12-7-8-18(14,4)10-12/h5-6,11-14H,7-10,19H2,1-4H3,(H,20,23)(H,21,22)/t11?,12?,13-,14?,18?/m0/s1. The van der Waals surface area contributed by atoms with E-state index in [1.54, 1.807) is 0 Å². The van der Waals surface area contributed by atoms with Crippen LogP contribution in [0.3, 0.4) is 0 Å². The van der Waals surface area contributed by atoms with Gasteiger partial charge in [0.2, 0.25) is 5.91 Å². The second-order valence-corrected chi connectivity index (χ2v) is 8.28. The number of hydrogen-bond acceptors (Lipinski definition) is 3. The van der Waals surface area contributed by atoms with Crippen molar-refractivity contribution in [1.82, 2.24) is 5.32 Å². The Morgan fingerprint density at radius 1 is 1.39 bits per heavy atom. The highest BCUT2D eigenvalue weighted by molar-refractivity contribution is 5.86. The van der Waals surface area contributed by atoms with E-state index in [0.717, 1.165) is 5.92 Å². The molecule has 0 aromatic carbocycles. The number of carboxylic acid groups (broad SMARTS) is 1. The van der Waals surface area contributed by atoms with E-state index < -0.39 is 17.9 Å². The van der Waals surface area contributed by atoms with Gasteiger partial charge >= 0.3 is 5.97 Å². The number of carboxylic acids is 1. The SMILES string of the molecule is CC(C=CC1C2(C)CCC(C2)C1(C)C)NC(=O)[C@@H](N)CC(=O)O. The maximum Gasteiger partial charge on any atom is 0.305 e. The molecule has 2 aliphatic carbocycles. The summed E-state index contributed by atoms with van der Waals surface area (Å²) in [5.41, 5.74) is 6.25. The average Bonchev–Trinajstić information content (AvgIpc) is 2.88. The van der Waals surface area contributed by atoms with Crippen LogP contribution in [0.1, 0.15) is 53.4 Å². The van der Waals surface area contributed by atoms with E-state index in [1.165, 1.54) is 19.3 Å². The van der Waals surface area contributed by atoms with Crippen molar-refractivity contribution in [3.63, 3.8) is 0 Å². The van der Waals surface area contributed by atoms with Gasteiger partial charge in [0.25, 0.3) is 0 Å². The fourth-order valence-electron chi connectivity index (χ4n) is 4.76. The highest BCUT2D eigenvalue weighted by Gasteiger charge is 2.57. The Hall–Kier alpha value is -1.36. The summed E-state index contributed by atoms with van der Waals surface area (Å²) in [5.74, 6) is -0.174. The van der Waals surface area contributed by atoms with E-state index in [9.17, 15) is 9.59 Å². The molecule has 5 nitrogen and oxygen atoms in total. The highest BCUT2D eigenvalue weighted by Crippen LogP contribution is 2.66. The lowest BCUT2D eigenvalue weighted by atomic mass is 9.64.